The molecule has 0 bridgehead atoms. The lowest BCUT2D eigenvalue weighted by atomic mass is 10.1. The number of hydrogen-bond acceptors (Lipinski definition) is 2. The second kappa shape index (κ2) is 6.37. The Kier molecular flexibility index (Phi) is 4.78. The highest BCUT2D eigenvalue weighted by atomic mass is 16.5. The van der Waals surface area contributed by atoms with Crippen LogP contribution in [0.2, 0.25) is 0 Å². The van der Waals surface area contributed by atoms with Crippen molar-refractivity contribution in [2.45, 2.75) is 39.9 Å². The van der Waals surface area contributed by atoms with E-state index in [1.165, 1.54) is 10.5 Å². The van der Waals surface area contributed by atoms with Gasteiger partial charge in [-0.25, -0.2) is 0 Å². The number of carbonyl (C=O) groups is 1. The Hall–Kier alpha value is -1.39. The van der Waals surface area contributed by atoms with Gasteiger partial charge in [0, 0.05) is 5.69 Å². The highest BCUT2D eigenvalue weighted by Crippen LogP contribution is 2.15. The highest BCUT2D eigenvalue weighted by Gasteiger charge is 2.27. The summed E-state index contributed by atoms with van der Waals surface area (Å²) in [5.41, 5.74) is 3.23. The van der Waals surface area contributed by atoms with Crippen LogP contribution in [0.15, 0.2) is 18.2 Å². The molecule has 1 aromatic rings. The minimum Gasteiger partial charge on any atom is -0.364 e. The number of ether oxygens (including phenoxy) is 1. The Labute approximate surface area is 121 Å². The van der Waals surface area contributed by atoms with E-state index in [0.29, 0.717) is 6.54 Å². The van der Waals surface area contributed by atoms with Crippen molar-refractivity contribution in [3.8, 4) is 0 Å². The maximum absolute atomic E-state index is 12.2. The summed E-state index contributed by atoms with van der Waals surface area (Å²) in [7, 11) is 0. The number of anilines is 1. The molecule has 1 fully saturated rings. The first kappa shape index (κ1) is 15.0. The first-order chi connectivity index (χ1) is 9.44. The standard InChI is InChI=1S/C16H24N2O2/c1-11-5-6-15(12(2)7-11)17-16(19)10-18-8-13(3)20-14(4)9-18/h5-7,13-14H,8-10H2,1-4H3,(H,17,19)/p+1/t13-,14-/m1/s1. The number of hydrogen-bond donors (Lipinski definition) is 2. The molecule has 2 atom stereocenters. The number of nitrogens with one attached hydrogen (secondary N) is 2. The third kappa shape index (κ3) is 4.05. The van der Waals surface area contributed by atoms with Crippen molar-refractivity contribution in [3.63, 3.8) is 0 Å². The molecule has 1 heterocycles. The van der Waals surface area contributed by atoms with E-state index >= 15 is 0 Å². The molecule has 0 radical (unpaired) electrons. The minimum atomic E-state index is 0.0771. The van der Waals surface area contributed by atoms with Crippen LogP contribution in [0.4, 0.5) is 5.69 Å². The van der Waals surface area contributed by atoms with Crippen LogP contribution in [-0.4, -0.2) is 37.7 Å². The molecule has 1 saturated heterocycles. The monoisotopic (exact) mass is 277 g/mol. The van der Waals surface area contributed by atoms with Crippen LogP contribution < -0.4 is 10.2 Å². The number of aryl methyl sites for hydroxylation is 2. The van der Waals surface area contributed by atoms with Crippen LogP contribution in [0, 0.1) is 13.8 Å². The summed E-state index contributed by atoms with van der Waals surface area (Å²) in [5.74, 6) is 0.0771. The fourth-order valence-corrected chi connectivity index (χ4v) is 2.91. The van der Waals surface area contributed by atoms with E-state index in [1.54, 1.807) is 0 Å². The van der Waals surface area contributed by atoms with Crippen LogP contribution in [-0.2, 0) is 9.53 Å². The molecule has 20 heavy (non-hydrogen) atoms. The highest BCUT2D eigenvalue weighted by molar-refractivity contribution is 5.92. The molecule has 1 amide bonds. The van der Waals surface area contributed by atoms with Crippen LogP contribution in [0.25, 0.3) is 0 Å². The van der Waals surface area contributed by atoms with Crippen molar-refractivity contribution in [1.82, 2.24) is 0 Å². The maximum atomic E-state index is 12.2. The van der Waals surface area contributed by atoms with Gasteiger partial charge in [0.05, 0.1) is 0 Å². The SMILES string of the molecule is Cc1ccc(NC(=O)C[NH+]2C[C@@H](C)O[C@H](C)C2)c(C)c1. The predicted molar refractivity (Wildman–Crippen MR) is 80.1 cm³/mol. The molecule has 2 rings (SSSR count). The summed E-state index contributed by atoms with van der Waals surface area (Å²) in [6.45, 7) is 10.5. The molecule has 0 saturated carbocycles. The molecule has 0 unspecified atom stereocenters. The molecule has 4 nitrogen and oxygen atoms in total. The van der Waals surface area contributed by atoms with E-state index in [-0.39, 0.29) is 18.1 Å². The van der Waals surface area contributed by atoms with E-state index in [0.717, 1.165) is 24.3 Å². The smallest absolute Gasteiger partial charge is 0.279 e. The van der Waals surface area contributed by atoms with Gasteiger partial charge in [-0.05, 0) is 39.3 Å². The van der Waals surface area contributed by atoms with Gasteiger partial charge in [-0.3, -0.25) is 4.79 Å². The minimum absolute atomic E-state index is 0.0771. The Balaban J connectivity index is 1.92. The second-order valence-corrected chi connectivity index (χ2v) is 5.96. The third-order valence-electron chi connectivity index (χ3n) is 3.68. The molecule has 2 N–H and O–H groups in total. The Bertz CT molecular complexity index is 477. The quantitative estimate of drug-likeness (QED) is 0.863. The summed E-state index contributed by atoms with van der Waals surface area (Å²) < 4.78 is 5.70. The Morgan fingerprint density at radius 2 is 1.95 bits per heavy atom. The summed E-state index contributed by atoms with van der Waals surface area (Å²) in [5, 5.41) is 3.01. The fourth-order valence-electron chi connectivity index (χ4n) is 2.91. The number of carbonyl (C=O) groups excluding carboxylic acids is 1. The van der Waals surface area contributed by atoms with Gasteiger partial charge >= 0.3 is 0 Å². The fraction of sp³-hybridized carbons (Fsp3) is 0.562. The summed E-state index contributed by atoms with van der Waals surface area (Å²) in [4.78, 5) is 13.4. The van der Waals surface area contributed by atoms with Crippen molar-refractivity contribution >= 4 is 11.6 Å². The van der Waals surface area contributed by atoms with E-state index < -0.39 is 0 Å². The molecule has 1 aliphatic rings. The van der Waals surface area contributed by atoms with Crippen molar-refractivity contribution in [1.29, 1.82) is 0 Å². The Morgan fingerprint density at radius 3 is 2.55 bits per heavy atom. The topological polar surface area (TPSA) is 42.8 Å². The molecule has 4 heteroatoms. The predicted octanol–water partition coefficient (Wildman–Crippen LogP) is 0.934. The summed E-state index contributed by atoms with van der Waals surface area (Å²) in [6, 6.07) is 6.08. The second-order valence-electron chi connectivity index (χ2n) is 5.96. The first-order valence-electron chi connectivity index (χ1n) is 7.30. The van der Waals surface area contributed by atoms with E-state index in [1.807, 2.05) is 19.1 Å². The zero-order valence-corrected chi connectivity index (χ0v) is 12.8. The van der Waals surface area contributed by atoms with E-state index in [9.17, 15) is 4.79 Å². The lowest BCUT2D eigenvalue weighted by Gasteiger charge is -2.31. The van der Waals surface area contributed by atoms with Crippen LogP contribution in [0.5, 0.6) is 0 Å². The van der Waals surface area contributed by atoms with Gasteiger partial charge in [0.15, 0.2) is 6.54 Å². The van der Waals surface area contributed by atoms with Crippen molar-refractivity contribution in [3.05, 3.63) is 29.3 Å². The zero-order valence-electron chi connectivity index (χ0n) is 12.8. The van der Waals surface area contributed by atoms with Crippen molar-refractivity contribution in [2.75, 3.05) is 25.0 Å². The normalized spacial score (nSPS) is 26.3. The van der Waals surface area contributed by atoms with E-state index in [2.05, 4.69) is 32.2 Å². The Morgan fingerprint density at radius 1 is 1.30 bits per heavy atom. The van der Waals surface area contributed by atoms with E-state index in [4.69, 9.17) is 4.74 Å². The lowest BCUT2D eigenvalue weighted by Crippen LogP contribution is -3.16. The van der Waals surface area contributed by atoms with Gasteiger partial charge in [0.25, 0.3) is 5.91 Å². The molecular weight excluding hydrogens is 252 g/mol. The lowest BCUT2D eigenvalue weighted by molar-refractivity contribution is -0.907. The van der Waals surface area contributed by atoms with Crippen LogP contribution in [0.1, 0.15) is 25.0 Å². The number of morpholine rings is 1. The molecular formula is C16H25N2O2+. The number of benzene rings is 1. The number of rotatable bonds is 3. The van der Waals surface area contributed by atoms with Gasteiger partial charge in [-0.1, -0.05) is 17.7 Å². The average molecular weight is 277 g/mol. The van der Waals surface area contributed by atoms with Gasteiger partial charge in [0.2, 0.25) is 0 Å². The number of quaternary nitrogens is 1. The zero-order chi connectivity index (χ0) is 14.7. The summed E-state index contributed by atoms with van der Waals surface area (Å²) >= 11 is 0. The van der Waals surface area contributed by atoms with Crippen LogP contribution >= 0.6 is 0 Å². The van der Waals surface area contributed by atoms with Gasteiger partial charge in [0.1, 0.15) is 25.3 Å². The van der Waals surface area contributed by atoms with Gasteiger partial charge < -0.3 is 15.0 Å². The van der Waals surface area contributed by atoms with Crippen molar-refractivity contribution < 1.29 is 14.4 Å². The van der Waals surface area contributed by atoms with Gasteiger partial charge in [-0.15, -0.1) is 0 Å². The molecule has 0 aromatic heterocycles. The maximum Gasteiger partial charge on any atom is 0.279 e. The first-order valence-corrected chi connectivity index (χ1v) is 7.30. The molecule has 1 aliphatic heterocycles. The number of amides is 1. The average Bonchev–Trinajstić information content (AvgIpc) is 2.31. The molecule has 0 spiro atoms. The molecule has 0 aliphatic carbocycles. The summed E-state index contributed by atoms with van der Waals surface area (Å²) in [6.07, 6.45) is 0.449. The third-order valence-corrected chi connectivity index (χ3v) is 3.68. The molecule has 1 aromatic carbocycles. The van der Waals surface area contributed by atoms with Gasteiger partial charge in [-0.2, -0.15) is 0 Å². The van der Waals surface area contributed by atoms with Crippen LogP contribution in [0.3, 0.4) is 0 Å². The van der Waals surface area contributed by atoms with Crippen molar-refractivity contribution in [2.24, 2.45) is 0 Å². The largest absolute Gasteiger partial charge is 0.364 e. The molecule has 110 valence electrons.